The second-order valence-electron chi connectivity index (χ2n) is 7.32. The number of aromatic nitrogens is 3. The zero-order chi connectivity index (χ0) is 22.9. The van der Waals surface area contributed by atoms with Crippen molar-refractivity contribution < 1.29 is 13.5 Å². The number of rotatable bonds is 6. The first-order valence-corrected chi connectivity index (χ1v) is 11.9. The van der Waals surface area contributed by atoms with E-state index in [1.165, 1.54) is 6.33 Å². The average Bonchev–Trinajstić information content (AvgIpc) is 2.74. The number of sulfonamides is 1. The van der Waals surface area contributed by atoms with Gasteiger partial charge in [-0.05, 0) is 36.8 Å². The van der Waals surface area contributed by atoms with Gasteiger partial charge in [-0.15, -0.1) is 0 Å². The number of hydrogen-bond acceptors (Lipinski definition) is 7. The van der Waals surface area contributed by atoms with Crippen LogP contribution in [0.4, 0.5) is 11.5 Å². The molecule has 0 saturated heterocycles. The molecule has 8 nitrogen and oxygen atoms in total. The number of pyridine rings is 1. The van der Waals surface area contributed by atoms with E-state index < -0.39 is 10.0 Å². The van der Waals surface area contributed by atoms with Crippen LogP contribution in [0.5, 0.6) is 5.75 Å². The number of hydrogen-bond donors (Lipinski definition) is 3. The van der Waals surface area contributed by atoms with Crippen molar-refractivity contribution in [3.8, 4) is 16.9 Å². The second-order valence-corrected chi connectivity index (χ2v) is 9.42. The molecule has 0 bridgehead atoms. The average molecular weight is 470 g/mol. The fraction of sp³-hybridized carbons (Fsp3) is 0.136. The Hall–Kier alpha value is -3.43. The molecule has 0 aliphatic heterocycles. The van der Waals surface area contributed by atoms with Crippen LogP contribution in [0.15, 0.2) is 61.1 Å². The number of para-hydroxylation sites is 1. The van der Waals surface area contributed by atoms with Gasteiger partial charge in [0.1, 0.15) is 17.9 Å². The van der Waals surface area contributed by atoms with E-state index in [1.807, 2.05) is 37.3 Å². The molecule has 0 spiro atoms. The van der Waals surface area contributed by atoms with Gasteiger partial charge in [0.15, 0.2) is 5.15 Å². The van der Waals surface area contributed by atoms with Crippen LogP contribution < -0.4 is 10.0 Å². The largest absolute Gasteiger partial charge is 0.508 e. The Balaban J connectivity index is 1.73. The van der Waals surface area contributed by atoms with E-state index in [2.05, 4.69) is 25.0 Å². The van der Waals surface area contributed by atoms with Gasteiger partial charge in [0.05, 0.1) is 23.5 Å². The van der Waals surface area contributed by atoms with E-state index in [4.69, 9.17) is 11.6 Å². The summed E-state index contributed by atoms with van der Waals surface area (Å²) in [6, 6.07) is 14.1. The third kappa shape index (κ3) is 4.74. The van der Waals surface area contributed by atoms with Crippen molar-refractivity contribution >= 4 is 44.0 Å². The monoisotopic (exact) mass is 469 g/mol. The molecule has 2 aromatic heterocycles. The summed E-state index contributed by atoms with van der Waals surface area (Å²) in [5.74, 6) is 0.800. The summed E-state index contributed by atoms with van der Waals surface area (Å²) >= 11 is 6.05. The summed E-state index contributed by atoms with van der Waals surface area (Å²) < 4.78 is 25.6. The lowest BCUT2D eigenvalue weighted by Gasteiger charge is -2.17. The van der Waals surface area contributed by atoms with Crippen molar-refractivity contribution in [3.63, 3.8) is 0 Å². The number of fused-ring (bicyclic) bond motifs is 1. The Labute approximate surface area is 190 Å². The van der Waals surface area contributed by atoms with Crippen LogP contribution in [0.2, 0.25) is 5.15 Å². The second kappa shape index (κ2) is 8.60. The Morgan fingerprint density at radius 2 is 1.81 bits per heavy atom. The number of nitrogens with zero attached hydrogens (tertiary/aromatic N) is 3. The number of phenols is 1. The molecule has 1 unspecified atom stereocenters. The number of phenolic OH excluding ortho intramolecular Hbond substituents is 1. The summed E-state index contributed by atoms with van der Waals surface area (Å²) in [6.07, 6.45) is 4.09. The van der Waals surface area contributed by atoms with E-state index in [0.717, 1.165) is 28.3 Å². The summed E-state index contributed by atoms with van der Waals surface area (Å²) in [6.45, 7) is 1.93. The van der Waals surface area contributed by atoms with Crippen molar-refractivity contribution in [2.45, 2.75) is 13.0 Å². The fourth-order valence-corrected chi connectivity index (χ4v) is 4.13. The van der Waals surface area contributed by atoms with Crippen molar-refractivity contribution in [2.75, 3.05) is 16.3 Å². The first-order valence-electron chi connectivity index (χ1n) is 9.64. The standard InChI is InChI=1S/C22H20ClN5O3S/c1-13(16-5-3-4-6-20(16)29)27-22-17-9-14(7-8-18(17)25-12-26-22)15-10-19(21(23)24-11-15)28-32(2,30)31/h3-13,28-29H,1-2H3,(H,25,26,27). The third-order valence-corrected chi connectivity index (χ3v) is 5.75. The minimum Gasteiger partial charge on any atom is -0.508 e. The van der Waals surface area contributed by atoms with E-state index in [9.17, 15) is 13.5 Å². The highest BCUT2D eigenvalue weighted by Crippen LogP contribution is 2.32. The zero-order valence-corrected chi connectivity index (χ0v) is 18.8. The molecular weight excluding hydrogens is 450 g/mol. The van der Waals surface area contributed by atoms with Gasteiger partial charge in [-0.2, -0.15) is 0 Å². The Kier molecular flexibility index (Phi) is 5.86. The Morgan fingerprint density at radius 1 is 1.03 bits per heavy atom. The Morgan fingerprint density at radius 3 is 2.56 bits per heavy atom. The minimum absolute atomic E-state index is 0.0575. The van der Waals surface area contributed by atoms with Gasteiger partial charge in [0.2, 0.25) is 10.0 Å². The van der Waals surface area contributed by atoms with E-state index in [1.54, 1.807) is 24.4 Å². The smallest absolute Gasteiger partial charge is 0.229 e. The van der Waals surface area contributed by atoms with Crippen LogP contribution in [0.25, 0.3) is 22.0 Å². The quantitative estimate of drug-likeness (QED) is 0.353. The zero-order valence-electron chi connectivity index (χ0n) is 17.2. The van der Waals surface area contributed by atoms with Gasteiger partial charge in [-0.25, -0.2) is 23.4 Å². The molecule has 0 aliphatic rings. The van der Waals surface area contributed by atoms with Crippen LogP contribution in [-0.2, 0) is 10.0 Å². The lowest BCUT2D eigenvalue weighted by Crippen LogP contribution is -2.10. The summed E-state index contributed by atoms with van der Waals surface area (Å²) in [5, 5.41) is 14.3. The van der Waals surface area contributed by atoms with Crippen molar-refractivity contribution in [2.24, 2.45) is 0 Å². The summed E-state index contributed by atoms with van der Waals surface area (Å²) in [5.41, 5.74) is 3.13. The van der Waals surface area contributed by atoms with Gasteiger partial charge in [0.25, 0.3) is 0 Å². The van der Waals surface area contributed by atoms with Gasteiger partial charge in [0, 0.05) is 22.7 Å². The molecule has 2 aromatic carbocycles. The fourth-order valence-electron chi connectivity index (χ4n) is 3.36. The van der Waals surface area contributed by atoms with Gasteiger partial charge in [-0.1, -0.05) is 35.9 Å². The van der Waals surface area contributed by atoms with Crippen molar-refractivity contribution in [1.29, 1.82) is 0 Å². The first kappa shape index (κ1) is 21.8. The van der Waals surface area contributed by atoms with Crippen LogP contribution >= 0.6 is 11.6 Å². The van der Waals surface area contributed by atoms with Gasteiger partial charge >= 0.3 is 0 Å². The maximum absolute atomic E-state index is 11.6. The highest BCUT2D eigenvalue weighted by molar-refractivity contribution is 7.92. The molecule has 0 fully saturated rings. The predicted molar refractivity (Wildman–Crippen MR) is 126 cm³/mol. The molecule has 164 valence electrons. The van der Waals surface area contributed by atoms with Crippen LogP contribution in [-0.4, -0.2) is 34.7 Å². The number of anilines is 2. The molecule has 0 radical (unpaired) electrons. The highest BCUT2D eigenvalue weighted by atomic mass is 35.5. The van der Waals surface area contributed by atoms with Crippen LogP contribution in [0.1, 0.15) is 18.5 Å². The molecule has 1 atom stereocenters. The number of nitrogens with one attached hydrogen (secondary N) is 2. The van der Waals surface area contributed by atoms with Crippen molar-refractivity contribution in [3.05, 3.63) is 71.8 Å². The number of benzene rings is 2. The van der Waals surface area contributed by atoms with Gasteiger partial charge < -0.3 is 10.4 Å². The number of aromatic hydroxyl groups is 1. The molecule has 0 aliphatic carbocycles. The maximum atomic E-state index is 11.6. The lowest BCUT2D eigenvalue weighted by atomic mass is 10.0. The molecule has 3 N–H and O–H groups in total. The molecule has 4 aromatic rings. The maximum Gasteiger partial charge on any atom is 0.229 e. The van der Waals surface area contributed by atoms with Crippen LogP contribution in [0.3, 0.4) is 0 Å². The minimum atomic E-state index is -3.51. The first-order chi connectivity index (χ1) is 15.2. The highest BCUT2D eigenvalue weighted by Gasteiger charge is 2.14. The lowest BCUT2D eigenvalue weighted by molar-refractivity contribution is 0.465. The molecule has 2 heterocycles. The summed E-state index contributed by atoms with van der Waals surface area (Å²) in [4.78, 5) is 12.8. The summed E-state index contributed by atoms with van der Waals surface area (Å²) in [7, 11) is -3.51. The van der Waals surface area contributed by atoms with E-state index in [0.29, 0.717) is 11.4 Å². The molecule has 0 amide bonds. The number of halogens is 1. The molecular formula is C22H20ClN5O3S. The van der Waals surface area contributed by atoms with Crippen LogP contribution in [0, 0.1) is 0 Å². The molecule has 0 saturated carbocycles. The molecule has 32 heavy (non-hydrogen) atoms. The molecule has 4 rings (SSSR count). The van der Waals surface area contributed by atoms with E-state index >= 15 is 0 Å². The normalized spacial score (nSPS) is 12.5. The van der Waals surface area contributed by atoms with Gasteiger partial charge in [-0.3, -0.25) is 4.72 Å². The van der Waals surface area contributed by atoms with Crippen molar-refractivity contribution in [1.82, 2.24) is 15.0 Å². The Bertz CT molecular complexity index is 1410. The topological polar surface area (TPSA) is 117 Å². The third-order valence-electron chi connectivity index (χ3n) is 4.86. The molecule has 10 heteroatoms. The predicted octanol–water partition coefficient (Wildman–Crippen LogP) is 4.60. The van der Waals surface area contributed by atoms with E-state index in [-0.39, 0.29) is 22.6 Å². The SMILES string of the molecule is CC(Nc1ncnc2ccc(-c3cnc(Cl)c(NS(C)(=O)=O)c3)cc12)c1ccccc1O.